The first-order valence-corrected chi connectivity index (χ1v) is 8.83. The van der Waals surface area contributed by atoms with Crippen LogP contribution in [0, 0.1) is 0 Å². The van der Waals surface area contributed by atoms with Gasteiger partial charge in [-0.25, -0.2) is 0 Å². The second-order valence-corrected chi connectivity index (χ2v) is 6.73. The molecule has 0 atom stereocenters. The van der Waals surface area contributed by atoms with Crippen molar-refractivity contribution >= 4 is 0 Å². The van der Waals surface area contributed by atoms with Crippen molar-refractivity contribution in [1.82, 2.24) is 19.9 Å². The van der Waals surface area contributed by atoms with E-state index in [9.17, 15) is 13.2 Å². The van der Waals surface area contributed by atoms with E-state index in [1.54, 1.807) is 0 Å². The first-order valence-electron chi connectivity index (χ1n) is 8.83. The average Bonchev–Trinajstić information content (AvgIpc) is 3.09. The van der Waals surface area contributed by atoms with Gasteiger partial charge >= 0.3 is 6.18 Å². The lowest BCUT2D eigenvalue weighted by Crippen LogP contribution is -2.36. The molecule has 0 radical (unpaired) electrons. The number of hydrogen-bond acceptors (Lipinski definition) is 5. The van der Waals surface area contributed by atoms with Crippen LogP contribution in [0.5, 0.6) is 0 Å². The zero-order valence-corrected chi connectivity index (χ0v) is 14.8. The van der Waals surface area contributed by atoms with E-state index in [4.69, 9.17) is 4.52 Å². The number of likely N-dealkylation sites (tertiary alicyclic amines) is 1. The van der Waals surface area contributed by atoms with Gasteiger partial charge in [-0.15, -0.1) is 0 Å². The van der Waals surface area contributed by atoms with Crippen molar-refractivity contribution < 1.29 is 17.7 Å². The number of halogens is 3. The van der Waals surface area contributed by atoms with E-state index < -0.39 is 11.7 Å². The van der Waals surface area contributed by atoms with Crippen molar-refractivity contribution in [3.63, 3.8) is 0 Å². The maximum Gasteiger partial charge on any atom is 0.416 e. The van der Waals surface area contributed by atoms with Crippen LogP contribution in [0.15, 0.2) is 28.8 Å². The van der Waals surface area contributed by atoms with Crippen LogP contribution >= 0.6 is 0 Å². The van der Waals surface area contributed by atoms with Crippen LogP contribution in [0.3, 0.4) is 0 Å². The summed E-state index contributed by atoms with van der Waals surface area (Å²) in [5.41, 5.74) is -0.189. The minimum Gasteiger partial charge on any atom is -0.338 e. The summed E-state index contributed by atoms with van der Waals surface area (Å²) in [7, 11) is 1.99. The molecule has 1 aromatic heterocycles. The Bertz CT molecular complexity index is 693. The molecule has 2 heterocycles. The van der Waals surface area contributed by atoms with Crippen molar-refractivity contribution in [1.29, 1.82) is 0 Å². The second kappa shape index (κ2) is 8.18. The molecule has 0 aliphatic carbocycles. The van der Waals surface area contributed by atoms with Gasteiger partial charge in [0.2, 0.25) is 11.7 Å². The molecule has 1 fully saturated rings. The second-order valence-electron chi connectivity index (χ2n) is 6.73. The molecule has 0 N–H and O–H groups in total. The zero-order chi connectivity index (χ0) is 18.6. The van der Waals surface area contributed by atoms with Crippen molar-refractivity contribution in [3.8, 4) is 11.4 Å². The molecular formula is C18H23F3N4O. The van der Waals surface area contributed by atoms with Gasteiger partial charge in [0.15, 0.2) is 0 Å². The van der Waals surface area contributed by atoms with E-state index in [1.807, 2.05) is 7.05 Å². The van der Waals surface area contributed by atoms with Gasteiger partial charge in [0.25, 0.3) is 0 Å². The summed E-state index contributed by atoms with van der Waals surface area (Å²) in [5.74, 6) is 0.763. The summed E-state index contributed by atoms with van der Waals surface area (Å²) in [4.78, 5) is 8.86. The van der Waals surface area contributed by atoms with Crippen LogP contribution in [0.1, 0.15) is 30.7 Å². The molecule has 8 heteroatoms. The van der Waals surface area contributed by atoms with E-state index in [1.165, 1.54) is 31.4 Å². The van der Waals surface area contributed by atoms with E-state index in [-0.39, 0.29) is 0 Å². The van der Waals surface area contributed by atoms with Crippen molar-refractivity contribution in [2.24, 2.45) is 0 Å². The topological polar surface area (TPSA) is 45.4 Å². The van der Waals surface area contributed by atoms with Gasteiger partial charge in [0.1, 0.15) is 0 Å². The van der Waals surface area contributed by atoms with Gasteiger partial charge in [0, 0.05) is 18.7 Å². The number of rotatable bonds is 6. The van der Waals surface area contributed by atoms with Gasteiger partial charge in [-0.05, 0) is 45.1 Å². The molecule has 0 bridgehead atoms. The summed E-state index contributed by atoms with van der Waals surface area (Å²) in [6.45, 7) is 4.74. The van der Waals surface area contributed by atoms with Crippen molar-refractivity contribution in [2.75, 3.05) is 33.2 Å². The lowest BCUT2D eigenvalue weighted by molar-refractivity contribution is -0.137. The Morgan fingerprint density at radius 1 is 1.12 bits per heavy atom. The third-order valence-corrected chi connectivity index (χ3v) is 4.59. The smallest absolute Gasteiger partial charge is 0.338 e. The highest BCUT2D eigenvalue weighted by atomic mass is 19.4. The van der Waals surface area contributed by atoms with Crippen LogP contribution in [0.4, 0.5) is 13.2 Å². The molecule has 1 aliphatic heterocycles. The number of hydrogen-bond donors (Lipinski definition) is 0. The average molecular weight is 368 g/mol. The Balaban J connectivity index is 1.54. The maximum absolute atomic E-state index is 12.6. The summed E-state index contributed by atoms with van der Waals surface area (Å²) < 4.78 is 43.1. The van der Waals surface area contributed by atoms with E-state index in [2.05, 4.69) is 19.9 Å². The lowest BCUT2D eigenvalue weighted by atomic mass is 10.1. The highest BCUT2D eigenvalue weighted by Crippen LogP contribution is 2.30. The minimum atomic E-state index is -4.35. The number of alkyl halides is 3. The summed E-state index contributed by atoms with van der Waals surface area (Å²) in [6, 6.07) is 4.77. The van der Waals surface area contributed by atoms with E-state index in [0.29, 0.717) is 23.8 Å². The Morgan fingerprint density at radius 3 is 2.46 bits per heavy atom. The molecule has 1 aliphatic rings. The van der Waals surface area contributed by atoms with Crippen LogP contribution in [0.2, 0.25) is 0 Å². The fourth-order valence-corrected chi connectivity index (χ4v) is 3.05. The highest BCUT2D eigenvalue weighted by molar-refractivity contribution is 5.54. The monoisotopic (exact) mass is 368 g/mol. The molecule has 3 rings (SSSR count). The summed E-state index contributed by atoms with van der Waals surface area (Å²) in [5, 5.41) is 3.88. The van der Waals surface area contributed by atoms with Gasteiger partial charge in [-0.3, -0.25) is 4.90 Å². The molecule has 1 saturated heterocycles. The largest absolute Gasteiger partial charge is 0.416 e. The summed E-state index contributed by atoms with van der Waals surface area (Å²) >= 11 is 0. The standard InChI is InChI=1S/C18H23F3N4O/c1-24(11-12-25-9-3-2-4-10-25)13-16-22-17(23-26-16)14-5-7-15(8-6-14)18(19,20)21/h5-8H,2-4,9-13H2,1H3. The fourth-order valence-electron chi connectivity index (χ4n) is 3.05. The molecule has 142 valence electrons. The van der Waals surface area contributed by atoms with Crippen molar-refractivity contribution in [3.05, 3.63) is 35.7 Å². The quantitative estimate of drug-likeness (QED) is 0.778. The Morgan fingerprint density at radius 2 is 1.81 bits per heavy atom. The SMILES string of the molecule is CN(CCN1CCCCC1)Cc1nc(-c2ccc(C(F)(F)F)cc2)no1. The highest BCUT2D eigenvalue weighted by Gasteiger charge is 2.30. The number of piperidine rings is 1. The molecule has 0 saturated carbocycles. The Labute approximate surface area is 150 Å². The van der Waals surface area contributed by atoms with Crippen LogP contribution in [-0.2, 0) is 12.7 Å². The third kappa shape index (κ3) is 5.04. The molecule has 0 spiro atoms. The number of likely N-dealkylation sites (N-methyl/N-ethyl adjacent to an activating group) is 1. The van der Waals surface area contributed by atoms with E-state index in [0.717, 1.165) is 38.3 Å². The maximum atomic E-state index is 12.6. The van der Waals surface area contributed by atoms with Gasteiger partial charge in [-0.2, -0.15) is 18.2 Å². The van der Waals surface area contributed by atoms with E-state index >= 15 is 0 Å². The number of nitrogens with zero attached hydrogens (tertiary/aromatic N) is 4. The van der Waals surface area contributed by atoms with Crippen LogP contribution in [0.25, 0.3) is 11.4 Å². The molecule has 2 aromatic rings. The molecule has 26 heavy (non-hydrogen) atoms. The zero-order valence-electron chi connectivity index (χ0n) is 14.8. The van der Waals surface area contributed by atoms with Gasteiger partial charge in [-0.1, -0.05) is 23.7 Å². The predicted molar refractivity (Wildman–Crippen MR) is 91.4 cm³/mol. The summed E-state index contributed by atoms with van der Waals surface area (Å²) in [6.07, 6.45) is -0.493. The lowest BCUT2D eigenvalue weighted by Gasteiger charge is -2.28. The fraction of sp³-hybridized carbons (Fsp3) is 0.556. The molecule has 0 unspecified atom stereocenters. The van der Waals surface area contributed by atoms with Gasteiger partial charge in [0.05, 0.1) is 12.1 Å². The molecular weight excluding hydrogens is 345 g/mol. The number of aromatic nitrogens is 2. The third-order valence-electron chi connectivity index (χ3n) is 4.59. The normalized spacial score (nSPS) is 16.3. The molecule has 0 amide bonds. The predicted octanol–water partition coefficient (Wildman–Crippen LogP) is 3.67. The van der Waals surface area contributed by atoms with Crippen molar-refractivity contribution in [2.45, 2.75) is 32.0 Å². The van der Waals surface area contributed by atoms with Crippen LogP contribution in [-0.4, -0.2) is 53.2 Å². The van der Waals surface area contributed by atoms with Gasteiger partial charge < -0.3 is 9.42 Å². The van der Waals surface area contributed by atoms with Crippen LogP contribution < -0.4 is 0 Å². The number of benzene rings is 1. The first kappa shape index (κ1) is 18.8. The Kier molecular flexibility index (Phi) is 5.93. The molecule has 5 nitrogen and oxygen atoms in total. The molecule has 1 aromatic carbocycles. The Hall–Kier alpha value is -1.93. The first-order chi connectivity index (χ1) is 12.4. The minimum absolute atomic E-state index is 0.304.